The fourth-order valence-electron chi connectivity index (χ4n) is 4.32. The minimum absolute atomic E-state index is 0.225. The summed E-state index contributed by atoms with van der Waals surface area (Å²) in [5.41, 5.74) is 4.97. The van der Waals surface area contributed by atoms with E-state index in [4.69, 9.17) is 0 Å². The molecule has 4 rings (SSSR count). The van der Waals surface area contributed by atoms with Gasteiger partial charge < -0.3 is 5.32 Å². The van der Waals surface area contributed by atoms with E-state index in [1.807, 2.05) is 24.4 Å². The van der Waals surface area contributed by atoms with Gasteiger partial charge in [-0.2, -0.15) is 5.10 Å². The van der Waals surface area contributed by atoms with Gasteiger partial charge in [0.1, 0.15) is 5.82 Å². The van der Waals surface area contributed by atoms with Crippen molar-refractivity contribution in [3.8, 4) is 0 Å². The van der Waals surface area contributed by atoms with E-state index in [9.17, 15) is 9.18 Å². The fourth-order valence-corrected chi connectivity index (χ4v) is 4.32. The zero-order valence-electron chi connectivity index (χ0n) is 19.5. The van der Waals surface area contributed by atoms with E-state index in [0.717, 1.165) is 47.2 Å². The molecule has 1 aliphatic rings. The highest BCUT2D eigenvalue weighted by Crippen LogP contribution is 2.24. The molecule has 1 saturated heterocycles. The molecule has 0 radical (unpaired) electrons. The van der Waals surface area contributed by atoms with Crippen LogP contribution in [-0.2, 0) is 6.54 Å². The molecule has 1 fully saturated rings. The molecule has 0 atom stereocenters. The van der Waals surface area contributed by atoms with Crippen LogP contribution in [0.5, 0.6) is 0 Å². The highest BCUT2D eigenvalue weighted by molar-refractivity contribution is 6.05. The van der Waals surface area contributed by atoms with Crippen molar-refractivity contribution in [3.05, 3.63) is 83.0 Å². The summed E-state index contributed by atoms with van der Waals surface area (Å²) in [6, 6.07) is 12.1. The van der Waals surface area contributed by atoms with Crippen molar-refractivity contribution >= 4 is 29.1 Å². The summed E-state index contributed by atoms with van der Waals surface area (Å²) in [5.74, 6) is -0.639. The molecule has 1 aromatic heterocycles. The van der Waals surface area contributed by atoms with Crippen molar-refractivity contribution < 1.29 is 9.18 Å². The topological polar surface area (TPSA) is 73.4 Å². The average Bonchev–Trinajstić information content (AvgIpc) is 3.27. The Morgan fingerprint density at radius 2 is 2.06 bits per heavy atom. The van der Waals surface area contributed by atoms with Crippen LogP contribution >= 0.6 is 0 Å². The van der Waals surface area contributed by atoms with Gasteiger partial charge in [0.25, 0.3) is 5.91 Å². The van der Waals surface area contributed by atoms with Gasteiger partial charge in [0.15, 0.2) is 5.69 Å². The lowest BCUT2D eigenvalue weighted by atomic mass is 10.0. The molecule has 34 heavy (non-hydrogen) atoms. The number of hydrogen-bond acceptors (Lipinski definition) is 4. The highest BCUT2D eigenvalue weighted by atomic mass is 19.1. The lowest BCUT2D eigenvalue weighted by Crippen LogP contribution is -2.31. The first-order valence-electron chi connectivity index (χ1n) is 11.6. The summed E-state index contributed by atoms with van der Waals surface area (Å²) in [5, 5.41) is 10.7. The number of aliphatic imine (C=N–C) groups is 1. The predicted molar refractivity (Wildman–Crippen MR) is 135 cm³/mol. The second-order valence-corrected chi connectivity index (χ2v) is 8.70. The highest BCUT2D eigenvalue weighted by Gasteiger charge is 2.15. The normalized spacial score (nSPS) is 15.5. The minimum atomic E-state index is -0.329. The summed E-state index contributed by atoms with van der Waals surface area (Å²) in [4.78, 5) is 19.3. The molecule has 0 aliphatic carbocycles. The summed E-state index contributed by atoms with van der Waals surface area (Å²) in [6.07, 6.45) is 7.72. The van der Waals surface area contributed by atoms with Crippen LogP contribution in [0.4, 0.5) is 4.39 Å². The Bertz CT molecular complexity index is 1240. The van der Waals surface area contributed by atoms with Gasteiger partial charge in [-0.25, -0.2) is 4.39 Å². The minimum Gasteiger partial charge on any atom is -0.347 e. The summed E-state index contributed by atoms with van der Waals surface area (Å²) in [7, 11) is 0. The number of piperidine rings is 1. The van der Waals surface area contributed by atoms with Gasteiger partial charge in [-0.05, 0) is 86.1 Å². The standard InChI is InChI=1S/C27H30FN5O/c1-19(13-21(16-29-2)18-33-11-4-3-5-12-33)22-9-10-25-24(15-22)26(32-31-25)27(34)30-17-20-7-6-8-23(28)14-20/h6-10,13-16H,2-5,11-12,17-18H2,1H3,(H,30,34)(H,31,32)/b19-13+,21-16+. The van der Waals surface area contributed by atoms with E-state index in [1.165, 1.54) is 31.4 Å². The number of benzene rings is 2. The summed E-state index contributed by atoms with van der Waals surface area (Å²) < 4.78 is 13.4. The first-order chi connectivity index (χ1) is 16.5. The molecular formula is C27H30FN5O. The largest absolute Gasteiger partial charge is 0.347 e. The van der Waals surface area contributed by atoms with Crippen LogP contribution in [0.3, 0.4) is 0 Å². The van der Waals surface area contributed by atoms with Crippen LogP contribution in [-0.4, -0.2) is 47.4 Å². The monoisotopic (exact) mass is 459 g/mol. The number of carbonyl (C=O) groups is 1. The van der Waals surface area contributed by atoms with Gasteiger partial charge in [-0.1, -0.05) is 30.7 Å². The van der Waals surface area contributed by atoms with Crippen molar-refractivity contribution in [2.75, 3.05) is 19.6 Å². The second-order valence-electron chi connectivity index (χ2n) is 8.70. The van der Waals surface area contributed by atoms with Crippen molar-refractivity contribution in [2.45, 2.75) is 32.7 Å². The van der Waals surface area contributed by atoms with Gasteiger partial charge in [0.05, 0.1) is 5.52 Å². The maximum Gasteiger partial charge on any atom is 0.272 e. The fraction of sp³-hybridized carbons (Fsp3) is 0.296. The quantitative estimate of drug-likeness (QED) is 0.363. The number of allylic oxidation sites excluding steroid dienone is 1. The number of carbonyl (C=O) groups excluding carboxylic acids is 1. The third-order valence-electron chi connectivity index (χ3n) is 6.09. The van der Waals surface area contributed by atoms with E-state index < -0.39 is 0 Å². The number of likely N-dealkylation sites (tertiary alicyclic amines) is 1. The maximum atomic E-state index is 13.4. The number of nitrogens with one attached hydrogen (secondary N) is 2. The van der Waals surface area contributed by atoms with E-state index >= 15 is 0 Å². The number of amides is 1. The Morgan fingerprint density at radius 3 is 2.82 bits per heavy atom. The van der Waals surface area contributed by atoms with Gasteiger partial charge in [-0.3, -0.25) is 19.8 Å². The number of fused-ring (bicyclic) bond motifs is 1. The molecule has 2 aromatic carbocycles. The van der Waals surface area contributed by atoms with Crippen LogP contribution in [0.15, 0.2) is 65.3 Å². The first-order valence-corrected chi connectivity index (χ1v) is 11.6. The van der Waals surface area contributed by atoms with Crippen molar-refractivity contribution in [2.24, 2.45) is 4.99 Å². The van der Waals surface area contributed by atoms with Crippen LogP contribution in [0.25, 0.3) is 16.5 Å². The molecule has 6 nitrogen and oxygen atoms in total. The Kier molecular flexibility index (Phi) is 7.65. The van der Waals surface area contributed by atoms with E-state index in [0.29, 0.717) is 11.3 Å². The maximum absolute atomic E-state index is 13.4. The van der Waals surface area contributed by atoms with E-state index in [1.54, 1.807) is 12.1 Å². The molecule has 2 N–H and O–H groups in total. The molecule has 0 unspecified atom stereocenters. The zero-order valence-corrected chi connectivity index (χ0v) is 19.5. The summed E-state index contributed by atoms with van der Waals surface area (Å²) >= 11 is 0. The number of aromatic amines is 1. The Balaban J connectivity index is 1.52. The van der Waals surface area contributed by atoms with Crippen LogP contribution in [0.2, 0.25) is 0 Å². The van der Waals surface area contributed by atoms with Crippen LogP contribution < -0.4 is 5.32 Å². The van der Waals surface area contributed by atoms with Crippen molar-refractivity contribution in [1.82, 2.24) is 20.4 Å². The third kappa shape index (κ3) is 5.85. The number of aromatic nitrogens is 2. The predicted octanol–water partition coefficient (Wildman–Crippen LogP) is 5.11. The number of H-pyrrole nitrogens is 1. The zero-order chi connectivity index (χ0) is 23.9. The molecule has 2 heterocycles. The molecule has 3 aromatic rings. The number of hydrogen-bond donors (Lipinski definition) is 2. The molecule has 0 bridgehead atoms. The Morgan fingerprint density at radius 1 is 1.24 bits per heavy atom. The van der Waals surface area contributed by atoms with Crippen molar-refractivity contribution in [3.63, 3.8) is 0 Å². The SMILES string of the molecule is C=N/C=C(\C=C(/C)c1ccc2[nH]nc(C(=O)NCc3cccc(F)c3)c2c1)CN1CCCCC1. The lowest BCUT2D eigenvalue weighted by Gasteiger charge is -2.26. The summed E-state index contributed by atoms with van der Waals surface area (Å²) in [6.45, 7) is 8.97. The van der Waals surface area contributed by atoms with Gasteiger partial charge in [0.2, 0.25) is 0 Å². The Labute approximate surface area is 199 Å². The molecule has 7 heteroatoms. The molecule has 0 spiro atoms. The van der Waals surface area contributed by atoms with Gasteiger partial charge in [-0.15, -0.1) is 0 Å². The number of nitrogens with zero attached hydrogens (tertiary/aromatic N) is 3. The van der Waals surface area contributed by atoms with Crippen LogP contribution in [0.1, 0.15) is 47.8 Å². The van der Waals surface area contributed by atoms with Crippen molar-refractivity contribution in [1.29, 1.82) is 0 Å². The molecular weight excluding hydrogens is 429 g/mol. The average molecular weight is 460 g/mol. The van der Waals surface area contributed by atoms with Gasteiger partial charge in [0, 0.05) is 24.7 Å². The smallest absolute Gasteiger partial charge is 0.272 e. The van der Waals surface area contributed by atoms with E-state index in [-0.39, 0.29) is 18.3 Å². The second kappa shape index (κ2) is 11.0. The molecule has 1 aliphatic heterocycles. The number of halogens is 1. The van der Waals surface area contributed by atoms with E-state index in [2.05, 4.69) is 45.1 Å². The molecule has 176 valence electrons. The number of rotatable bonds is 8. The first kappa shape index (κ1) is 23.6. The molecule has 0 saturated carbocycles. The lowest BCUT2D eigenvalue weighted by molar-refractivity contribution is 0.0947. The third-order valence-corrected chi connectivity index (χ3v) is 6.09. The molecule has 1 amide bonds. The van der Waals surface area contributed by atoms with Gasteiger partial charge >= 0.3 is 0 Å². The Hall–Kier alpha value is -3.58. The van der Waals surface area contributed by atoms with Crippen LogP contribution in [0, 0.1) is 5.82 Å².